The Bertz CT molecular complexity index is 2720. The summed E-state index contributed by atoms with van der Waals surface area (Å²) in [6.45, 7) is 8.42. The van der Waals surface area contributed by atoms with E-state index in [2.05, 4.69) is 190 Å². The molecule has 1 fully saturated rings. The van der Waals surface area contributed by atoms with Crippen molar-refractivity contribution in [2.24, 2.45) is 0 Å². The third-order valence-corrected chi connectivity index (χ3v) is 12.7. The van der Waals surface area contributed by atoms with Gasteiger partial charge in [0.25, 0.3) is 0 Å². The Labute approximate surface area is 310 Å². The first-order valence-electron chi connectivity index (χ1n) is 18.7. The van der Waals surface area contributed by atoms with Crippen LogP contribution in [0.5, 0.6) is 0 Å². The van der Waals surface area contributed by atoms with E-state index in [9.17, 15) is 0 Å². The van der Waals surface area contributed by atoms with Crippen LogP contribution in [0.15, 0.2) is 158 Å². The number of benzene rings is 7. The lowest BCUT2D eigenvalue weighted by molar-refractivity contribution is 0.00578. The highest BCUT2D eigenvalue weighted by Gasteiger charge is 2.52. The molecule has 0 saturated carbocycles. The largest absolute Gasteiger partial charge is 0.494 e. The number of hydrogen-bond acceptors (Lipinski definition) is 2. The molecule has 2 aliphatic heterocycles. The number of hydrogen-bond donors (Lipinski definition) is 0. The average Bonchev–Trinajstić information content (AvgIpc) is 3.73. The number of aromatic nitrogens is 1. The minimum Gasteiger partial charge on any atom is -0.399 e. The molecule has 7 aromatic carbocycles. The van der Waals surface area contributed by atoms with Crippen LogP contribution < -0.4 is 5.46 Å². The van der Waals surface area contributed by atoms with Crippen molar-refractivity contribution < 1.29 is 9.31 Å². The van der Waals surface area contributed by atoms with Gasteiger partial charge in [0.2, 0.25) is 0 Å². The molecule has 0 amide bonds. The molecular formula is C49H38BNO2. The van der Waals surface area contributed by atoms with Gasteiger partial charge in [-0.2, -0.15) is 0 Å². The second kappa shape index (κ2) is 10.7. The van der Waals surface area contributed by atoms with Crippen LogP contribution in [0.3, 0.4) is 0 Å². The third kappa shape index (κ3) is 4.03. The molecule has 3 heterocycles. The molecular weight excluding hydrogens is 645 g/mol. The number of nitrogens with zero attached hydrogens (tertiary/aromatic N) is 1. The van der Waals surface area contributed by atoms with Crippen molar-refractivity contribution in [3.05, 3.63) is 180 Å². The molecule has 1 saturated heterocycles. The zero-order valence-electron chi connectivity index (χ0n) is 30.4. The van der Waals surface area contributed by atoms with E-state index in [1.807, 2.05) is 0 Å². The van der Waals surface area contributed by atoms with Gasteiger partial charge in [-0.25, -0.2) is 0 Å². The molecule has 1 aromatic heterocycles. The molecule has 3 aliphatic rings. The summed E-state index contributed by atoms with van der Waals surface area (Å²) >= 11 is 0. The number of rotatable bonds is 4. The number of para-hydroxylation sites is 2. The zero-order chi connectivity index (χ0) is 35.7. The Hall–Kier alpha value is -5.68. The van der Waals surface area contributed by atoms with Gasteiger partial charge in [0.05, 0.1) is 33.3 Å². The molecule has 8 aromatic rings. The van der Waals surface area contributed by atoms with Crippen LogP contribution in [-0.4, -0.2) is 22.9 Å². The summed E-state index contributed by atoms with van der Waals surface area (Å²) in [6.07, 6.45) is 0. The lowest BCUT2D eigenvalue weighted by Gasteiger charge is -2.34. The molecule has 0 N–H and O–H groups in total. The van der Waals surface area contributed by atoms with E-state index in [0.717, 1.165) is 11.0 Å². The molecule has 3 nitrogen and oxygen atoms in total. The summed E-state index contributed by atoms with van der Waals surface area (Å²) in [6, 6.07) is 58.7. The molecule has 1 aliphatic carbocycles. The summed E-state index contributed by atoms with van der Waals surface area (Å²) in [5.41, 5.74) is 16.1. The van der Waals surface area contributed by atoms with E-state index in [0.29, 0.717) is 0 Å². The van der Waals surface area contributed by atoms with Gasteiger partial charge in [0.1, 0.15) is 0 Å². The van der Waals surface area contributed by atoms with E-state index in [1.165, 1.54) is 77.6 Å². The fourth-order valence-electron chi connectivity index (χ4n) is 9.48. The topological polar surface area (TPSA) is 23.4 Å². The fourth-order valence-corrected chi connectivity index (χ4v) is 9.48. The second-order valence-electron chi connectivity index (χ2n) is 15.9. The maximum absolute atomic E-state index is 6.44. The van der Waals surface area contributed by atoms with Crippen molar-refractivity contribution in [3.8, 4) is 39.1 Å². The summed E-state index contributed by atoms with van der Waals surface area (Å²) in [5.74, 6) is 0. The second-order valence-corrected chi connectivity index (χ2v) is 15.9. The average molecular weight is 684 g/mol. The molecule has 0 bridgehead atoms. The molecule has 0 radical (unpaired) electrons. The molecule has 53 heavy (non-hydrogen) atoms. The van der Waals surface area contributed by atoms with Gasteiger partial charge in [-0.15, -0.1) is 0 Å². The van der Waals surface area contributed by atoms with Gasteiger partial charge in [-0.3, -0.25) is 0 Å². The molecule has 11 rings (SSSR count). The van der Waals surface area contributed by atoms with E-state index < -0.39 is 23.7 Å². The molecule has 254 valence electrons. The summed E-state index contributed by atoms with van der Waals surface area (Å²) in [7, 11) is -0.407. The Balaban J connectivity index is 1.25. The van der Waals surface area contributed by atoms with Crippen LogP contribution in [0.2, 0.25) is 0 Å². The maximum atomic E-state index is 6.44. The van der Waals surface area contributed by atoms with Gasteiger partial charge >= 0.3 is 7.12 Å². The van der Waals surface area contributed by atoms with Crippen LogP contribution in [0.4, 0.5) is 0 Å². The van der Waals surface area contributed by atoms with Crippen LogP contribution in [0.1, 0.15) is 49.9 Å². The normalized spacial score (nSPS) is 16.9. The highest BCUT2D eigenvalue weighted by Crippen LogP contribution is 2.62. The van der Waals surface area contributed by atoms with E-state index in [-0.39, 0.29) is 0 Å². The zero-order valence-corrected chi connectivity index (χ0v) is 30.4. The molecule has 0 spiro atoms. The molecule has 0 unspecified atom stereocenters. The van der Waals surface area contributed by atoms with Gasteiger partial charge < -0.3 is 13.9 Å². The van der Waals surface area contributed by atoms with Gasteiger partial charge in [-0.05, 0) is 102 Å². The predicted molar refractivity (Wildman–Crippen MR) is 218 cm³/mol. The standard InChI is InChI=1S/C49H38BNO2/c1-47(2)48(3,4)53-50(52-47)35-25-23-31(24-26-35)32-29-39-37-20-12-14-22-43(37)51-42-21-13-11-19-36(42)38-27-28-40-45(46(38)51)44(39)41(30-32)49(40,33-15-7-5-8-16-33)34-17-9-6-10-18-34/h5-30H,1-4H3. The lowest BCUT2D eigenvalue weighted by Crippen LogP contribution is -2.41. The van der Waals surface area contributed by atoms with Crippen LogP contribution in [-0.2, 0) is 14.7 Å². The van der Waals surface area contributed by atoms with Crippen molar-refractivity contribution in [1.29, 1.82) is 0 Å². The van der Waals surface area contributed by atoms with Gasteiger partial charge in [0.15, 0.2) is 0 Å². The molecule has 4 heteroatoms. The first kappa shape index (κ1) is 30.9. The van der Waals surface area contributed by atoms with Crippen molar-refractivity contribution in [3.63, 3.8) is 0 Å². The first-order valence-corrected chi connectivity index (χ1v) is 18.7. The van der Waals surface area contributed by atoms with E-state index in [1.54, 1.807) is 0 Å². The summed E-state index contributed by atoms with van der Waals surface area (Å²) < 4.78 is 15.4. The third-order valence-electron chi connectivity index (χ3n) is 12.7. The Morgan fingerprint density at radius 3 is 1.81 bits per heavy atom. The smallest absolute Gasteiger partial charge is 0.399 e. The van der Waals surface area contributed by atoms with Crippen LogP contribution in [0, 0.1) is 0 Å². The lowest BCUT2D eigenvalue weighted by atomic mass is 9.67. The summed E-state index contributed by atoms with van der Waals surface area (Å²) in [4.78, 5) is 0. The van der Waals surface area contributed by atoms with Crippen LogP contribution >= 0.6 is 0 Å². The van der Waals surface area contributed by atoms with Gasteiger partial charge in [-0.1, -0.05) is 133 Å². The van der Waals surface area contributed by atoms with Crippen molar-refractivity contribution >= 4 is 34.4 Å². The van der Waals surface area contributed by atoms with Crippen LogP contribution in [0.25, 0.3) is 60.9 Å². The van der Waals surface area contributed by atoms with Crippen molar-refractivity contribution in [2.75, 3.05) is 0 Å². The predicted octanol–water partition coefficient (Wildman–Crippen LogP) is 11.1. The summed E-state index contributed by atoms with van der Waals surface area (Å²) in [5, 5.41) is 2.56. The molecule has 0 atom stereocenters. The maximum Gasteiger partial charge on any atom is 0.494 e. The SMILES string of the molecule is CC1(C)OB(c2ccc(-c3cc4c5c(c3)C(c3ccccc3)(c3ccccc3)c3ccc6c7ccccc7n(c6c3-5)-c3ccccc3-4)cc2)OC1(C)C. The Kier molecular flexibility index (Phi) is 6.24. The van der Waals surface area contributed by atoms with E-state index >= 15 is 0 Å². The quantitative estimate of drug-likeness (QED) is 0.172. The van der Waals surface area contributed by atoms with E-state index in [4.69, 9.17) is 9.31 Å². The van der Waals surface area contributed by atoms with Crippen molar-refractivity contribution in [1.82, 2.24) is 4.57 Å². The first-order chi connectivity index (χ1) is 25.8. The fraction of sp³-hybridized carbons (Fsp3) is 0.143. The minimum atomic E-state index is -0.539. The highest BCUT2D eigenvalue weighted by atomic mass is 16.7. The monoisotopic (exact) mass is 683 g/mol. The van der Waals surface area contributed by atoms with Crippen molar-refractivity contribution in [2.45, 2.75) is 44.3 Å². The minimum absolute atomic E-state index is 0.395. The Morgan fingerprint density at radius 2 is 1.11 bits per heavy atom. The van der Waals surface area contributed by atoms with Gasteiger partial charge in [0, 0.05) is 21.9 Å². The number of fused-ring (bicyclic) bond motifs is 6. The highest BCUT2D eigenvalue weighted by molar-refractivity contribution is 6.62. The Morgan fingerprint density at radius 1 is 0.491 bits per heavy atom.